The van der Waals surface area contributed by atoms with Crippen molar-refractivity contribution in [3.8, 4) is 0 Å². The van der Waals surface area contributed by atoms with E-state index in [0.717, 1.165) is 0 Å². The zero-order valence-corrected chi connectivity index (χ0v) is 4.47. The Bertz CT molecular complexity index is 90.9. The van der Waals surface area contributed by atoms with Crippen molar-refractivity contribution >= 4 is 17.6 Å². The summed E-state index contributed by atoms with van der Waals surface area (Å²) in [7, 11) is 0. The Morgan fingerprint density at radius 2 is 2.57 bits per heavy atom. The molecule has 0 aliphatic carbocycles. The summed E-state index contributed by atoms with van der Waals surface area (Å²) in [5.41, 5.74) is 0. The molecule has 0 rings (SSSR count). The van der Waals surface area contributed by atoms with E-state index >= 15 is 0 Å². The second kappa shape index (κ2) is 3.76. The first kappa shape index (κ1) is 6.58. The third-order valence-corrected chi connectivity index (χ3v) is 0.417. The van der Waals surface area contributed by atoms with Crippen molar-refractivity contribution in [1.29, 1.82) is 0 Å². The molecule has 0 bridgehead atoms. The number of hydrogen-bond acceptors (Lipinski definition) is 4. The lowest BCUT2D eigenvalue weighted by molar-refractivity contribution is 0.319. The summed E-state index contributed by atoms with van der Waals surface area (Å²) in [4.78, 5) is 0. The minimum absolute atomic E-state index is 1.23. The minimum atomic E-state index is -2.51. The Morgan fingerprint density at radius 1 is 2.00 bits per heavy atom. The molecule has 1 unspecified atom stereocenters. The van der Waals surface area contributed by atoms with Crippen LogP contribution in [-0.4, -0.2) is 15.0 Å². The van der Waals surface area contributed by atoms with Gasteiger partial charge in [0.15, 0.2) is 11.4 Å². The van der Waals surface area contributed by atoms with Gasteiger partial charge < -0.3 is 8.84 Å². The predicted molar refractivity (Wildman–Crippen MR) is 24.2 cm³/mol. The van der Waals surface area contributed by atoms with Crippen molar-refractivity contribution in [1.82, 2.24) is 0 Å². The van der Waals surface area contributed by atoms with E-state index in [2.05, 4.69) is 9.44 Å². The number of hydrogen-bond donors (Lipinski definition) is 0. The van der Waals surface area contributed by atoms with Crippen molar-refractivity contribution < 1.29 is 13.0 Å². The first-order valence-electron chi connectivity index (χ1n) is 1.52. The van der Waals surface area contributed by atoms with Crippen LogP contribution in [-0.2, 0) is 15.6 Å². The largest absolute Gasteiger partial charge is 0.738 e. The lowest BCUT2D eigenvalue weighted by atomic mass is 10.9. The zero-order valence-electron chi connectivity index (χ0n) is 3.66. The van der Waals surface area contributed by atoms with E-state index in [1.54, 1.807) is 6.92 Å². The highest BCUT2D eigenvalue weighted by Gasteiger charge is 1.68. The van der Waals surface area contributed by atoms with Crippen LogP contribution in [0.5, 0.6) is 0 Å². The fourth-order valence-electron chi connectivity index (χ4n) is 0.0782. The fourth-order valence-corrected chi connectivity index (χ4v) is 0.235. The molecule has 0 amide bonds. The van der Waals surface area contributed by atoms with Gasteiger partial charge in [0, 0.05) is 6.21 Å². The lowest BCUT2D eigenvalue weighted by Crippen LogP contribution is -1.85. The van der Waals surface area contributed by atoms with Crippen molar-refractivity contribution in [2.24, 2.45) is 5.16 Å². The summed E-state index contributed by atoms with van der Waals surface area (Å²) in [6.45, 7) is 1.55. The van der Waals surface area contributed by atoms with Gasteiger partial charge in [-0.25, -0.2) is 4.21 Å². The highest BCUT2D eigenvalue weighted by molar-refractivity contribution is 7.74. The average Bonchev–Trinajstić information content (AvgIpc) is 1.61. The summed E-state index contributed by atoms with van der Waals surface area (Å²) < 4.78 is 22.5. The summed E-state index contributed by atoms with van der Waals surface area (Å²) in [5, 5.41) is 2.93. The number of nitrogens with zero attached hydrogens (tertiary/aromatic N) is 1. The lowest BCUT2D eigenvalue weighted by Gasteiger charge is -1.95. The van der Waals surface area contributed by atoms with Gasteiger partial charge in [-0.2, -0.15) is 0 Å². The third kappa shape index (κ3) is 5.58. The van der Waals surface area contributed by atoms with E-state index in [4.69, 9.17) is 0 Å². The van der Waals surface area contributed by atoms with Gasteiger partial charge in [-0.15, -0.1) is 0 Å². The van der Waals surface area contributed by atoms with E-state index in [1.807, 2.05) is 0 Å². The van der Waals surface area contributed by atoms with Gasteiger partial charge in [0.05, 0.1) is 0 Å². The molecule has 0 saturated carbocycles. The Balaban J connectivity index is 3.14. The van der Waals surface area contributed by atoms with Crippen molar-refractivity contribution in [3.05, 3.63) is 0 Å². The third-order valence-electron chi connectivity index (χ3n) is 0.209. The second-order valence-electron chi connectivity index (χ2n) is 0.642. The fraction of sp³-hybridized carbons (Fsp3) is 0.500. The topological polar surface area (TPSA) is 61.7 Å². The standard InChI is InChI=1S/C2H5NO3S/c1-2-3-6-7(4)5/h2H,1H3,(H,4,5)/p-1/b3-2+. The summed E-state index contributed by atoms with van der Waals surface area (Å²) in [5.74, 6) is 0. The van der Waals surface area contributed by atoms with E-state index in [9.17, 15) is 8.76 Å². The molecule has 0 aromatic carbocycles. The smallest absolute Gasteiger partial charge is 0.169 e. The highest BCUT2D eigenvalue weighted by Crippen LogP contribution is 1.75. The van der Waals surface area contributed by atoms with Gasteiger partial charge >= 0.3 is 0 Å². The van der Waals surface area contributed by atoms with Gasteiger partial charge in [0.25, 0.3) is 0 Å². The van der Waals surface area contributed by atoms with E-state index in [0.29, 0.717) is 0 Å². The van der Waals surface area contributed by atoms with E-state index in [1.165, 1.54) is 6.21 Å². The average molecular weight is 122 g/mol. The Kier molecular flexibility index (Phi) is 3.53. The van der Waals surface area contributed by atoms with E-state index < -0.39 is 11.4 Å². The van der Waals surface area contributed by atoms with Crippen molar-refractivity contribution in [2.45, 2.75) is 6.92 Å². The molecule has 0 aromatic heterocycles. The molecule has 0 spiro atoms. The monoisotopic (exact) mass is 122 g/mol. The predicted octanol–water partition coefficient (Wildman–Crippen LogP) is -0.197. The van der Waals surface area contributed by atoms with Gasteiger partial charge in [0.2, 0.25) is 0 Å². The molecule has 0 aromatic rings. The Hall–Kier alpha value is -0.420. The molecule has 0 saturated heterocycles. The summed E-state index contributed by atoms with van der Waals surface area (Å²) >= 11 is -2.51. The van der Waals surface area contributed by atoms with Crippen LogP contribution in [0.1, 0.15) is 6.92 Å². The SMILES string of the molecule is C/C=N/OS(=O)[O-]. The van der Waals surface area contributed by atoms with Crippen LogP contribution < -0.4 is 0 Å². The molecule has 0 heterocycles. The van der Waals surface area contributed by atoms with E-state index in [-0.39, 0.29) is 0 Å². The quantitative estimate of drug-likeness (QED) is 0.289. The number of rotatable bonds is 2. The second-order valence-corrected chi connectivity index (χ2v) is 1.20. The van der Waals surface area contributed by atoms with Crippen LogP contribution >= 0.6 is 0 Å². The Labute approximate surface area is 43.7 Å². The van der Waals surface area contributed by atoms with Crippen LogP contribution in [0, 0.1) is 0 Å². The highest BCUT2D eigenvalue weighted by atomic mass is 32.2. The minimum Gasteiger partial charge on any atom is -0.738 e. The zero-order chi connectivity index (χ0) is 5.70. The molecule has 1 atom stereocenters. The molecule has 5 heteroatoms. The maximum Gasteiger partial charge on any atom is 0.169 e. The summed E-state index contributed by atoms with van der Waals surface area (Å²) in [6.07, 6.45) is 1.23. The molecule has 0 N–H and O–H groups in total. The number of oxime groups is 1. The van der Waals surface area contributed by atoms with Gasteiger partial charge in [-0.05, 0) is 6.92 Å². The van der Waals surface area contributed by atoms with Crippen LogP contribution in [0.4, 0.5) is 0 Å². The molecule has 0 aliphatic heterocycles. The molecule has 42 valence electrons. The first-order valence-corrected chi connectivity index (χ1v) is 2.52. The molecule has 0 radical (unpaired) electrons. The van der Waals surface area contributed by atoms with Gasteiger partial charge in [-0.1, -0.05) is 5.16 Å². The van der Waals surface area contributed by atoms with Gasteiger partial charge in [-0.3, -0.25) is 0 Å². The molecular weight excluding hydrogens is 118 g/mol. The summed E-state index contributed by atoms with van der Waals surface area (Å²) in [6, 6.07) is 0. The maximum absolute atomic E-state index is 9.42. The van der Waals surface area contributed by atoms with Gasteiger partial charge in [0.1, 0.15) is 0 Å². The normalized spacial score (nSPS) is 14.6. The molecule has 0 fully saturated rings. The molecule has 4 nitrogen and oxygen atoms in total. The van der Waals surface area contributed by atoms with Crippen LogP contribution in [0.3, 0.4) is 0 Å². The Morgan fingerprint density at radius 3 is 2.71 bits per heavy atom. The van der Waals surface area contributed by atoms with Crippen molar-refractivity contribution in [2.75, 3.05) is 0 Å². The first-order chi connectivity index (χ1) is 3.27. The van der Waals surface area contributed by atoms with Crippen LogP contribution in [0.15, 0.2) is 5.16 Å². The molecular formula is C2H4NO3S-. The van der Waals surface area contributed by atoms with Crippen molar-refractivity contribution in [3.63, 3.8) is 0 Å². The molecule has 7 heavy (non-hydrogen) atoms. The van der Waals surface area contributed by atoms with Crippen LogP contribution in [0.25, 0.3) is 0 Å². The molecule has 0 aliphatic rings. The van der Waals surface area contributed by atoms with Crippen LogP contribution in [0.2, 0.25) is 0 Å². The maximum atomic E-state index is 9.42.